The smallest absolute Gasteiger partial charge is 0.268 e. The molecular formula is C21H24N6O2. The topological polar surface area (TPSA) is 85.9 Å². The molecule has 0 unspecified atom stereocenters. The van der Waals surface area contributed by atoms with Crippen molar-refractivity contribution in [2.75, 3.05) is 13.1 Å². The number of aryl methyl sites for hydroxylation is 1. The van der Waals surface area contributed by atoms with Crippen molar-refractivity contribution in [1.82, 2.24) is 29.0 Å². The summed E-state index contributed by atoms with van der Waals surface area (Å²) in [5, 5.41) is 0. The van der Waals surface area contributed by atoms with Gasteiger partial charge in [-0.25, -0.2) is 4.98 Å². The van der Waals surface area contributed by atoms with Gasteiger partial charge in [0, 0.05) is 50.4 Å². The molecule has 150 valence electrons. The molecule has 8 heteroatoms. The Morgan fingerprint density at radius 1 is 1.10 bits per heavy atom. The van der Waals surface area contributed by atoms with Crippen molar-refractivity contribution in [3.63, 3.8) is 0 Å². The lowest BCUT2D eigenvalue weighted by atomic mass is 9.96. The van der Waals surface area contributed by atoms with Crippen LogP contribution < -0.4 is 11.1 Å². The number of likely N-dealkylation sites (tertiary alicyclic amines) is 1. The fourth-order valence-electron chi connectivity index (χ4n) is 3.70. The van der Waals surface area contributed by atoms with Crippen molar-refractivity contribution in [3.8, 4) is 11.3 Å². The first-order chi connectivity index (χ1) is 14.1. The van der Waals surface area contributed by atoms with Crippen molar-refractivity contribution in [2.24, 2.45) is 13.0 Å². The molecule has 0 aliphatic carbocycles. The predicted molar refractivity (Wildman–Crippen MR) is 109 cm³/mol. The highest BCUT2D eigenvalue weighted by Gasteiger charge is 2.20. The molecule has 0 saturated carbocycles. The van der Waals surface area contributed by atoms with Crippen molar-refractivity contribution in [1.29, 1.82) is 0 Å². The van der Waals surface area contributed by atoms with E-state index in [0.29, 0.717) is 18.2 Å². The standard InChI is InChI=1S/C21H24N6O2/c1-25-13-18(23-11-21(25)29)14-26-7-4-16(5-8-26)12-27-15-24-19(9-20(27)28)17-3-2-6-22-10-17/h2-3,6,9-11,13,15-16H,4-5,7-8,12,14H2,1H3. The summed E-state index contributed by atoms with van der Waals surface area (Å²) in [4.78, 5) is 39.1. The molecule has 1 aliphatic rings. The second-order valence-corrected chi connectivity index (χ2v) is 7.55. The van der Waals surface area contributed by atoms with Crippen LogP contribution in [0.4, 0.5) is 0 Å². The van der Waals surface area contributed by atoms with Crippen molar-refractivity contribution in [3.05, 3.63) is 75.7 Å². The molecule has 0 amide bonds. The van der Waals surface area contributed by atoms with Gasteiger partial charge in [-0.3, -0.25) is 29.0 Å². The minimum Gasteiger partial charge on any atom is -0.315 e. The van der Waals surface area contributed by atoms with Crippen LogP contribution in [0.2, 0.25) is 0 Å². The molecular weight excluding hydrogens is 368 g/mol. The molecule has 0 aromatic carbocycles. The Morgan fingerprint density at radius 2 is 1.93 bits per heavy atom. The van der Waals surface area contributed by atoms with E-state index in [1.54, 1.807) is 47.2 Å². The highest BCUT2D eigenvalue weighted by Crippen LogP contribution is 2.20. The number of rotatable bonds is 5. The zero-order chi connectivity index (χ0) is 20.2. The normalized spacial score (nSPS) is 15.5. The van der Waals surface area contributed by atoms with Gasteiger partial charge in [-0.15, -0.1) is 0 Å². The van der Waals surface area contributed by atoms with Gasteiger partial charge in [-0.1, -0.05) is 0 Å². The Hall–Kier alpha value is -3.13. The van der Waals surface area contributed by atoms with Crippen molar-refractivity contribution < 1.29 is 0 Å². The molecule has 0 N–H and O–H groups in total. The minimum absolute atomic E-state index is 0.0318. The molecule has 1 saturated heterocycles. The third-order valence-corrected chi connectivity index (χ3v) is 5.42. The fraction of sp³-hybridized carbons (Fsp3) is 0.381. The van der Waals surface area contributed by atoms with Crippen LogP contribution in [0, 0.1) is 5.92 Å². The van der Waals surface area contributed by atoms with Crippen molar-refractivity contribution >= 4 is 0 Å². The second kappa shape index (κ2) is 8.48. The van der Waals surface area contributed by atoms with Gasteiger partial charge in [0.25, 0.3) is 11.1 Å². The minimum atomic E-state index is -0.0962. The summed E-state index contributed by atoms with van der Waals surface area (Å²) >= 11 is 0. The molecule has 8 nitrogen and oxygen atoms in total. The van der Waals surface area contributed by atoms with Gasteiger partial charge >= 0.3 is 0 Å². The molecule has 0 atom stereocenters. The van der Waals surface area contributed by atoms with Gasteiger partial charge in [-0.2, -0.15) is 0 Å². The largest absolute Gasteiger partial charge is 0.315 e. The fourth-order valence-corrected chi connectivity index (χ4v) is 3.70. The van der Waals surface area contributed by atoms with Crippen LogP contribution in [0.5, 0.6) is 0 Å². The second-order valence-electron chi connectivity index (χ2n) is 7.55. The summed E-state index contributed by atoms with van der Waals surface area (Å²) in [6.07, 6.45) is 10.3. The monoisotopic (exact) mass is 392 g/mol. The Kier molecular flexibility index (Phi) is 5.62. The molecule has 0 radical (unpaired) electrons. The molecule has 1 aliphatic heterocycles. The summed E-state index contributed by atoms with van der Waals surface area (Å²) in [6.45, 7) is 3.32. The number of piperidine rings is 1. The number of pyridine rings is 1. The van der Waals surface area contributed by atoms with Crippen LogP contribution in [-0.2, 0) is 20.1 Å². The average Bonchev–Trinajstić information content (AvgIpc) is 2.74. The van der Waals surface area contributed by atoms with Gasteiger partial charge in [-0.05, 0) is 44.0 Å². The maximum atomic E-state index is 12.5. The number of hydrogen-bond donors (Lipinski definition) is 0. The third-order valence-electron chi connectivity index (χ3n) is 5.42. The molecule has 4 rings (SSSR count). The highest BCUT2D eigenvalue weighted by molar-refractivity contribution is 5.56. The maximum absolute atomic E-state index is 12.5. The van der Waals surface area contributed by atoms with Gasteiger partial charge in [0.05, 0.1) is 23.9 Å². The highest BCUT2D eigenvalue weighted by atomic mass is 16.1. The number of aromatic nitrogens is 5. The molecule has 1 fully saturated rings. The van der Waals surface area contributed by atoms with E-state index in [0.717, 1.165) is 43.7 Å². The summed E-state index contributed by atoms with van der Waals surface area (Å²) in [5.41, 5.74) is 2.27. The maximum Gasteiger partial charge on any atom is 0.268 e. The average molecular weight is 392 g/mol. The Balaban J connectivity index is 1.34. The third kappa shape index (κ3) is 4.65. The zero-order valence-corrected chi connectivity index (χ0v) is 16.4. The van der Waals surface area contributed by atoms with Crippen LogP contribution in [0.25, 0.3) is 11.3 Å². The first kappa shape index (κ1) is 19.2. The molecule has 0 spiro atoms. The molecule has 0 bridgehead atoms. The van der Waals surface area contributed by atoms with Crippen LogP contribution >= 0.6 is 0 Å². The zero-order valence-electron chi connectivity index (χ0n) is 16.4. The number of nitrogens with zero attached hydrogens (tertiary/aromatic N) is 6. The van der Waals surface area contributed by atoms with E-state index in [2.05, 4.69) is 19.9 Å². The van der Waals surface area contributed by atoms with E-state index >= 15 is 0 Å². The Morgan fingerprint density at radius 3 is 2.62 bits per heavy atom. The van der Waals surface area contributed by atoms with E-state index in [1.807, 2.05) is 12.1 Å². The van der Waals surface area contributed by atoms with Crippen LogP contribution in [0.1, 0.15) is 18.5 Å². The van der Waals surface area contributed by atoms with Gasteiger partial charge in [0.2, 0.25) is 0 Å². The summed E-state index contributed by atoms with van der Waals surface area (Å²) in [6, 6.07) is 5.31. The van der Waals surface area contributed by atoms with Gasteiger partial charge < -0.3 is 4.57 Å². The van der Waals surface area contributed by atoms with E-state index in [1.165, 1.54) is 6.20 Å². The summed E-state index contributed by atoms with van der Waals surface area (Å²) < 4.78 is 3.26. The summed E-state index contributed by atoms with van der Waals surface area (Å²) in [7, 11) is 1.74. The van der Waals surface area contributed by atoms with E-state index in [4.69, 9.17) is 0 Å². The van der Waals surface area contributed by atoms with Crippen LogP contribution in [0.3, 0.4) is 0 Å². The Labute approximate surface area is 168 Å². The van der Waals surface area contributed by atoms with E-state index in [9.17, 15) is 9.59 Å². The quantitative estimate of drug-likeness (QED) is 0.651. The first-order valence-corrected chi connectivity index (χ1v) is 9.79. The van der Waals surface area contributed by atoms with Gasteiger partial charge in [0.1, 0.15) is 0 Å². The SMILES string of the molecule is Cn1cc(CN2CCC(Cn3cnc(-c4cccnc4)cc3=O)CC2)ncc1=O. The molecule has 29 heavy (non-hydrogen) atoms. The van der Waals surface area contributed by atoms with Crippen LogP contribution in [-0.4, -0.2) is 42.1 Å². The predicted octanol–water partition coefficient (Wildman–Crippen LogP) is 1.31. The molecule has 3 aromatic heterocycles. The number of hydrogen-bond acceptors (Lipinski definition) is 6. The summed E-state index contributed by atoms with van der Waals surface area (Å²) in [5.74, 6) is 0.447. The lowest BCUT2D eigenvalue weighted by molar-refractivity contribution is 0.164. The van der Waals surface area contributed by atoms with E-state index < -0.39 is 0 Å². The molecule has 4 heterocycles. The Bertz CT molecular complexity index is 1080. The van der Waals surface area contributed by atoms with Gasteiger partial charge in [0.15, 0.2) is 0 Å². The lowest BCUT2D eigenvalue weighted by Crippen LogP contribution is -2.36. The van der Waals surface area contributed by atoms with Crippen molar-refractivity contribution in [2.45, 2.75) is 25.9 Å². The first-order valence-electron chi connectivity index (χ1n) is 9.79. The lowest BCUT2D eigenvalue weighted by Gasteiger charge is -2.31. The molecule has 3 aromatic rings. The van der Waals surface area contributed by atoms with E-state index in [-0.39, 0.29) is 11.1 Å². The van der Waals surface area contributed by atoms with Crippen LogP contribution in [0.15, 0.2) is 58.9 Å².